The number of benzene rings is 1. The maximum atomic E-state index is 11.8. The summed E-state index contributed by atoms with van der Waals surface area (Å²) >= 11 is 5.98. The van der Waals surface area contributed by atoms with E-state index >= 15 is 0 Å². The lowest BCUT2D eigenvalue weighted by Gasteiger charge is -2.42. The molecule has 0 aliphatic heterocycles. The first-order valence-corrected chi connectivity index (χ1v) is 8.92. The molecule has 0 amide bonds. The number of hydrogen-bond acceptors (Lipinski definition) is 3. The highest BCUT2D eigenvalue weighted by molar-refractivity contribution is 6.30. The van der Waals surface area contributed by atoms with Gasteiger partial charge >= 0.3 is 0 Å². The lowest BCUT2D eigenvalue weighted by atomic mass is 9.69. The molecule has 1 aromatic carbocycles. The van der Waals surface area contributed by atoms with Gasteiger partial charge < -0.3 is 5.11 Å². The third-order valence-electron chi connectivity index (χ3n) is 5.70. The molecule has 1 unspecified atom stereocenters. The Kier molecular flexibility index (Phi) is 4.79. The molecular weight excluding hydrogens is 322 g/mol. The molecule has 1 aliphatic rings. The van der Waals surface area contributed by atoms with Crippen molar-refractivity contribution in [1.82, 2.24) is 14.8 Å². The van der Waals surface area contributed by atoms with E-state index in [4.69, 9.17) is 11.6 Å². The zero-order valence-corrected chi connectivity index (χ0v) is 15.0. The van der Waals surface area contributed by atoms with Crippen molar-refractivity contribution in [3.8, 4) is 0 Å². The lowest BCUT2D eigenvalue weighted by molar-refractivity contribution is -0.0547. The topological polar surface area (TPSA) is 50.9 Å². The Morgan fingerprint density at radius 2 is 1.96 bits per heavy atom. The zero-order valence-electron chi connectivity index (χ0n) is 14.2. The normalized spacial score (nSPS) is 24.6. The van der Waals surface area contributed by atoms with Crippen molar-refractivity contribution < 1.29 is 5.11 Å². The fourth-order valence-electron chi connectivity index (χ4n) is 4.09. The molecule has 2 aromatic rings. The molecule has 1 N–H and O–H groups in total. The Labute approximate surface area is 148 Å². The molecule has 1 heterocycles. The Bertz CT molecular complexity index is 705. The van der Waals surface area contributed by atoms with E-state index < -0.39 is 5.60 Å². The fraction of sp³-hybridized carbons (Fsp3) is 0.474. The largest absolute Gasteiger partial charge is 0.383 e. The van der Waals surface area contributed by atoms with Crippen molar-refractivity contribution in [1.29, 1.82) is 0 Å². The van der Waals surface area contributed by atoms with Crippen LogP contribution in [0.5, 0.6) is 0 Å². The van der Waals surface area contributed by atoms with Crippen LogP contribution in [0.1, 0.15) is 45.1 Å². The molecule has 1 aliphatic carbocycles. The predicted molar refractivity (Wildman–Crippen MR) is 96.6 cm³/mol. The van der Waals surface area contributed by atoms with Gasteiger partial charge in [-0.1, -0.05) is 43.7 Å². The first kappa shape index (κ1) is 17.2. The Morgan fingerprint density at radius 1 is 1.25 bits per heavy atom. The second-order valence-corrected chi connectivity index (χ2v) is 7.10. The molecule has 5 heteroatoms. The summed E-state index contributed by atoms with van der Waals surface area (Å²) in [7, 11) is 0. The second kappa shape index (κ2) is 6.69. The predicted octanol–water partition coefficient (Wildman–Crippen LogP) is 4.35. The summed E-state index contributed by atoms with van der Waals surface area (Å²) in [5.74, 6) is 0. The van der Waals surface area contributed by atoms with E-state index in [0.29, 0.717) is 6.54 Å². The van der Waals surface area contributed by atoms with Crippen molar-refractivity contribution >= 4 is 17.7 Å². The molecule has 0 spiro atoms. The number of aliphatic hydroxyl groups is 1. The first-order valence-electron chi connectivity index (χ1n) is 8.54. The van der Waals surface area contributed by atoms with E-state index in [2.05, 4.69) is 30.0 Å². The fourth-order valence-corrected chi connectivity index (χ4v) is 4.21. The number of halogens is 1. The van der Waals surface area contributed by atoms with Gasteiger partial charge in [-0.3, -0.25) is 0 Å². The van der Waals surface area contributed by atoms with Gasteiger partial charge in [0.1, 0.15) is 18.3 Å². The standard InChI is InChI=1S/C19H24ClN3O/c1-3-18(4-2)10-9-16(11-15-5-7-17(20)8-6-15)19(18,24)12-23-14-21-13-22-23/h5-8,11,13-14,24H,3-4,9-10,12H2,1-2H3/b16-11-. The summed E-state index contributed by atoms with van der Waals surface area (Å²) in [6.45, 7) is 4.77. The van der Waals surface area contributed by atoms with Gasteiger partial charge in [0.15, 0.2) is 0 Å². The van der Waals surface area contributed by atoms with Crippen LogP contribution in [0.4, 0.5) is 0 Å². The number of nitrogens with zero attached hydrogens (tertiary/aromatic N) is 3. The van der Waals surface area contributed by atoms with E-state index in [0.717, 1.165) is 41.8 Å². The highest BCUT2D eigenvalue weighted by Crippen LogP contribution is 2.55. The van der Waals surface area contributed by atoms with E-state index in [1.165, 1.54) is 6.33 Å². The molecule has 1 aromatic heterocycles. The van der Waals surface area contributed by atoms with Crippen molar-refractivity contribution in [2.45, 2.75) is 51.7 Å². The Morgan fingerprint density at radius 3 is 2.54 bits per heavy atom. The monoisotopic (exact) mass is 345 g/mol. The van der Waals surface area contributed by atoms with Crippen LogP contribution in [0.15, 0.2) is 42.5 Å². The van der Waals surface area contributed by atoms with Gasteiger partial charge in [0.25, 0.3) is 0 Å². The van der Waals surface area contributed by atoms with Crippen molar-refractivity contribution in [3.63, 3.8) is 0 Å². The summed E-state index contributed by atoms with van der Waals surface area (Å²) < 4.78 is 1.74. The molecule has 4 nitrogen and oxygen atoms in total. The van der Waals surface area contributed by atoms with E-state index in [1.54, 1.807) is 11.0 Å². The van der Waals surface area contributed by atoms with Gasteiger partial charge in [0.05, 0.1) is 6.54 Å². The van der Waals surface area contributed by atoms with E-state index in [9.17, 15) is 5.11 Å². The maximum Gasteiger partial charge on any atom is 0.137 e. The van der Waals surface area contributed by atoms with E-state index in [-0.39, 0.29) is 5.41 Å². The maximum absolute atomic E-state index is 11.8. The van der Waals surface area contributed by atoms with Gasteiger partial charge in [0, 0.05) is 10.4 Å². The quantitative estimate of drug-likeness (QED) is 0.876. The minimum absolute atomic E-state index is 0.128. The minimum atomic E-state index is -0.913. The smallest absolute Gasteiger partial charge is 0.137 e. The lowest BCUT2D eigenvalue weighted by Crippen LogP contribution is -2.48. The Hall–Kier alpha value is -1.65. The van der Waals surface area contributed by atoms with Crippen LogP contribution in [-0.2, 0) is 6.54 Å². The molecule has 0 radical (unpaired) electrons. The van der Waals surface area contributed by atoms with Crippen LogP contribution in [-0.4, -0.2) is 25.5 Å². The molecule has 0 bridgehead atoms. The molecular formula is C19H24ClN3O. The summed E-state index contributed by atoms with van der Waals surface area (Å²) in [4.78, 5) is 4.02. The number of hydrogen-bond donors (Lipinski definition) is 1. The van der Waals surface area contributed by atoms with Crippen LogP contribution in [0.2, 0.25) is 5.02 Å². The molecule has 3 rings (SSSR count). The van der Waals surface area contributed by atoms with Gasteiger partial charge in [-0.05, 0) is 49.0 Å². The van der Waals surface area contributed by atoms with Crippen molar-refractivity contribution in [2.75, 3.05) is 0 Å². The van der Waals surface area contributed by atoms with Gasteiger partial charge in [-0.25, -0.2) is 9.67 Å². The average Bonchev–Trinajstić information content (AvgIpc) is 3.17. The third-order valence-corrected chi connectivity index (χ3v) is 5.96. The van der Waals surface area contributed by atoms with Gasteiger partial charge in [0.2, 0.25) is 0 Å². The van der Waals surface area contributed by atoms with Crippen LogP contribution >= 0.6 is 11.6 Å². The summed E-state index contributed by atoms with van der Waals surface area (Å²) in [5.41, 5.74) is 1.10. The van der Waals surface area contributed by atoms with Gasteiger partial charge in [-0.2, -0.15) is 5.10 Å². The minimum Gasteiger partial charge on any atom is -0.383 e. The summed E-state index contributed by atoms with van der Waals surface area (Å²) in [6, 6.07) is 7.74. The van der Waals surface area contributed by atoms with Crippen LogP contribution in [0, 0.1) is 5.41 Å². The highest BCUT2D eigenvalue weighted by atomic mass is 35.5. The van der Waals surface area contributed by atoms with Gasteiger partial charge in [-0.15, -0.1) is 0 Å². The zero-order chi connectivity index (χ0) is 17.2. The second-order valence-electron chi connectivity index (χ2n) is 6.66. The summed E-state index contributed by atoms with van der Waals surface area (Å²) in [6.07, 6.45) is 9.06. The van der Waals surface area contributed by atoms with Crippen LogP contribution in [0.25, 0.3) is 6.08 Å². The van der Waals surface area contributed by atoms with Crippen molar-refractivity contribution in [2.24, 2.45) is 5.41 Å². The molecule has 24 heavy (non-hydrogen) atoms. The number of rotatable bonds is 5. The first-order chi connectivity index (χ1) is 11.5. The number of aromatic nitrogens is 3. The van der Waals surface area contributed by atoms with Crippen LogP contribution < -0.4 is 0 Å². The highest BCUT2D eigenvalue weighted by Gasteiger charge is 2.54. The van der Waals surface area contributed by atoms with Crippen LogP contribution in [0.3, 0.4) is 0 Å². The summed E-state index contributed by atoms with van der Waals surface area (Å²) in [5, 5.41) is 16.7. The molecule has 1 saturated carbocycles. The molecule has 1 fully saturated rings. The molecule has 0 saturated heterocycles. The molecule has 128 valence electrons. The van der Waals surface area contributed by atoms with Crippen molar-refractivity contribution in [3.05, 3.63) is 53.1 Å². The SMILES string of the molecule is CCC1(CC)CC/C(=C/c2ccc(Cl)cc2)C1(O)Cn1cncn1. The third kappa shape index (κ3) is 2.89. The molecule has 1 atom stereocenters. The average molecular weight is 346 g/mol. The van der Waals surface area contributed by atoms with E-state index in [1.807, 2.05) is 24.3 Å². The Balaban J connectivity index is 2.02.